The van der Waals surface area contributed by atoms with E-state index in [1.54, 1.807) is 0 Å². The Bertz CT molecular complexity index is 76.2. The molecule has 0 aliphatic rings. The zero-order valence-corrected chi connectivity index (χ0v) is 8.45. The number of nitrogens with zero attached hydrogens (tertiary/aromatic N) is 1. The fourth-order valence-corrected chi connectivity index (χ4v) is 3.02. The molecule has 2 nitrogen and oxygen atoms in total. The number of rotatable bonds is 2. The third-order valence-corrected chi connectivity index (χ3v) is 2.01. The lowest BCUT2D eigenvalue weighted by molar-refractivity contribution is -0.903. The summed E-state index contributed by atoms with van der Waals surface area (Å²) in [6.07, 6.45) is 0. The van der Waals surface area contributed by atoms with Gasteiger partial charge in [0.25, 0.3) is 0 Å². The standard InChI is InChI=1S/C6H19N2Si/c1-8(2,3)7-9(4,5)6/h7H,1-6H3/q+1. The van der Waals surface area contributed by atoms with Crippen molar-refractivity contribution in [2.75, 3.05) is 21.1 Å². The van der Waals surface area contributed by atoms with Gasteiger partial charge in [-0.1, -0.05) is 19.6 Å². The van der Waals surface area contributed by atoms with Gasteiger partial charge in [0.1, 0.15) is 0 Å². The number of hydrogen-bond acceptors (Lipinski definition) is 1. The first-order valence-electron chi connectivity index (χ1n) is 3.32. The van der Waals surface area contributed by atoms with E-state index in [9.17, 15) is 0 Å². The summed E-state index contributed by atoms with van der Waals surface area (Å²) in [5.74, 6) is 0. The fourth-order valence-electron chi connectivity index (χ4n) is 1.01. The van der Waals surface area contributed by atoms with E-state index in [4.69, 9.17) is 0 Å². The summed E-state index contributed by atoms with van der Waals surface area (Å²) < 4.78 is 0.871. The molecule has 0 aliphatic carbocycles. The lowest BCUT2D eigenvalue weighted by Gasteiger charge is -2.31. The van der Waals surface area contributed by atoms with Gasteiger partial charge in [-0.2, -0.15) is 5.09 Å². The largest absolute Gasteiger partial charge is 0.260 e. The van der Waals surface area contributed by atoms with Gasteiger partial charge < -0.3 is 0 Å². The Morgan fingerprint density at radius 1 is 1.00 bits per heavy atom. The Hall–Kier alpha value is 0.137. The second-order valence-electron chi connectivity index (χ2n) is 4.37. The van der Waals surface area contributed by atoms with Gasteiger partial charge in [-0.25, -0.2) is 0 Å². The Morgan fingerprint density at radius 2 is 1.33 bits per heavy atom. The highest BCUT2D eigenvalue weighted by Crippen LogP contribution is 1.97. The van der Waals surface area contributed by atoms with Gasteiger partial charge in [-0.15, -0.1) is 0 Å². The van der Waals surface area contributed by atoms with Crippen molar-refractivity contribution in [2.45, 2.75) is 19.6 Å². The van der Waals surface area contributed by atoms with Crippen molar-refractivity contribution in [2.24, 2.45) is 0 Å². The zero-order chi connectivity index (χ0) is 7.71. The molecule has 0 bridgehead atoms. The van der Waals surface area contributed by atoms with Crippen LogP contribution in [-0.4, -0.2) is 34.0 Å². The van der Waals surface area contributed by atoms with E-state index in [1.807, 2.05) is 0 Å². The predicted molar refractivity (Wildman–Crippen MR) is 44.5 cm³/mol. The van der Waals surface area contributed by atoms with Crippen LogP contribution in [0, 0.1) is 0 Å². The molecule has 0 atom stereocenters. The highest BCUT2D eigenvalue weighted by atomic mass is 28.3. The van der Waals surface area contributed by atoms with Crippen LogP contribution < -0.4 is 5.09 Å². The van der Waals surface area contributed by atoms with Crippen molar-refractivity contribution in [3.63, 3.8) is 0 Å². The first-order valence-corrected chi connectivity index (χ1v) is 6.82. The Balaban J connectivity index is 3.75. The quantitative estimate of drug-likeness (QED) is 0.349. The number of quaternary nitrogens is 1. The summed E-state index contributed by atoms with van der Waals surface area (Å²) in [5.41, 5.74) is 0. The van der Waals surface area contributed by atoms with Crippen LogP contribution in [0.25, 0.3) is 0 Å². The minimum atomic E-state index is -1.07. The molecule has 0 aromatic carbocycles. The van der Waals surface area contributed by atoms with E-state index >= 15 is 0 Å². The number of nitrogens with one attached hydrogen (secondary N) is 1. The topological polar surface area (TPSA) is 12.0 Å². The maximum Gasteiger partial charge on any atom is 0.179 e. The highest BCUT2D eigenvalue weighted by Gasteiger charge is 2.21. The van der Waals surface area contributed by atoms with Gasteiger partial charge in [0.05, 0.1) is 21.1 Å². The third-order valence-electron chi connectivity index (χ3n) is 0.671. The third kappa shape index (κ3) is 8.14. The van der Waals surface area contributed by atoms with Crippen LogP contribution in [0.1, 0.15) is 0 Å². The molecule has 3 heteroatoms. The summed E-state index contributed by atoms with van der Waals surface area (Å²) in [4.78, 5) is 0. The molecule has 1 N–H and O–H groups in total. The van der Waals surface area contributed by atoms with Crippen LogP contribution in [-0.2, 0) is 0 Å². The minimum Gasteiger partial charge on any atom is -0.260 e. The maximum absolute atomic E-state index is 3.53. The second kappa shape index (κ2) is 2.40. The molecule has 9 heavy (non-hydrogen) atoms. The first kappa shape index (κ1) is 9.14. The molecule has 0 fully saturated rings. The molecular formula is C6H19N2Si+. The SMILES string of the molecule is C[N+](C)(C)N[Si](C)(C)C. The summed E-state index contributed by atoms with van der Waals surface area (Å²) in [6, 6.07) is 0. The predicted octanol–water partition coefficient (Wildman–Crippen LogP) is 1.03. The van der Waals surface area contributed by atoms with Crippen LogP contribution >= 0.6 is 0 Å². The molecule has 0 aliphatic heterocycles. The van der Waals surface area contributed by atoms with E-state index in [2.05, 4.69) is 45.9 Å². The van der Waals surface area contributed by atoms with Gasteiger partial charge in [-0.3, -0.25) is 4.59 Å². The summed E-state index contributed by atoms with van der Waals surface area (Å²) >= 11 is 0. The van der Waals surface area contributed by atoms with Gasteiger partial charge in [0.15, 0.2) is 8.24 Å². The van der Waals surface area contributed by atoms with Crippen molar-refractivity contribution in [3.05, 3.63) is 0 Å². The van der Waals surface area contributed by atoms with E-state index in [0.717, 1.165) is 4.59 Å². The second-order valence-corrected chi connectivity index (χ2v) is 9.10. The van der Waals surface area contributed by atoms with Crippen LogP contribution in [0.15, 0.2) is 0 Å². The van der Waals surface area contributed by atoms with Crippen LogP contribution in [0.2, 0.25) is 19.6 Å². The average molecular weight is 147 g/mol. The van der Waals surface area contributed by atoms with Crippen LogP contribution in [0.4, 0.5) is 0 Å². The fraction of sp³-hybridized carbons (Fsp3) is 1.00. The molecule has 0 saturated carbocycles. The first-order chi connectivity index (χ1) is 3.71. The van der Waals surface area contributed by atoms with Crippen LogP contribution in [0.3, 0.4) is 0 Å². The molecule has 0 amide bonds. The molecular weight excluding hydrogens is 128 g/mol. The van der Waals surface area contributed by atoms with Gasteiger partial charge >= 0.3 is 0 Å². The van der Waals surface area contributed by atoms with Crippen molar-refractivity contribution in [1.29, 1.82) is 0 Å². The normalized spacial score (nSPS) is 14.0. The summed E-state index contributed by atoms with van der Waals surface area (Å²) in [7, 11) is 5.38. The molecule has 56 valence electrons. The molecule has 0 aromatic heterocycles. The molecule has 0 heterocycles. The van der Waals surface area contributed by atoms with Gasteiger partial charge in [0.2, 0.25) is 0 Å². The zero-order valence-electron chi connectivity index (χ0n) is 7.45. The lowest BCUT2D eigenvalue weighted by atomic mass is 10.9. The monoisotopic (exact) mass is 147 g/mol. The minimum absolute atomic E-state index is 0.871. The molecule has 0 rings (SSSR count). The lowest BCUT2D eigenvalue weighted by Crippen LogP contribution is -2.59. The summed E-state index contributed by atoms with van der Waals surface area (Å²) in [5, 5.41) is 3.53. The van der Waals surface area contributed by atoms with E-state index in [-0.39, 0.29) is 0 Å². The van der Waals surface area contributed by atoms with Gasteiger partial charge in [-0.05, 0) is 0 Å². The smallest absolute Gasteiger partial charge is 0.179 e. The van der Waals surface area contributed by atoms with Crippen molar-refractivity contribution >= 4 is 8.24 Å². The summed E-state index contributed by atoms with van der Waals surface area (Å²) in [6.45, 7) is 6.91. The molecule has 0 radical (unpaired) electrons. The maximum atomic E-state index is 3.53. The Kier molecular flexibility index (Phi) is 2.44. The van der Waals surface area contributed by atoms with Crippen LogP contribution in [0.5, 0.6) is 0 Å². The molecule has 0 saturated heterocycles. The highest BCUT2D eigenvalue weighted by molar-refractivity contribution is 6.73. The molecule has 0 unspecified atom stereocenters. The Morgan fingerprint density at radius 3 is 1.33 bits per heavy atom. The van der Waals surface area contributed by atoms with E-state index < -0.39 is 8.24 Å². The van der Waals surface area contributed by atoms with Crippen molar-refractivity contribution in [1.82, 2.24) is 5.09 Å². The van der Waals surface area contributed by atoms with E-state index in [1.165, 1.54) is 0 Å². The van der Waals surface area contributed by atoms with E-state index in [0.29, 0.717) is 0 Å². The van der Waals surface area contributed by atoms with Gasteiger partial charge in [0, 0.05) is 0 Å². The Labute approximate surface area is 59.5 Å². The van der Waals surface area contributed by atoms with Crippen molar-refractivity contribution in [3.8, 4) is 0 Å². The molecule has 0 spiro atoms. The van der Waals surface area contributed by atoms with Crippen molar-refractivity contribution < 1.29 is 4.59 Å². The average Bonchev–Trinajstić information content (AvgIpc) is 1.14. The molecule has 0 aromatic rings. The number of hydrogen-bond donors (Lipinski definition) is 1.